The molecule has 4 aromatic rings. The number of hydrogen-bond donors (Lipinski definition) is 1. The minimum absolute atomic E-state index is 0.109. The van der Waals surface area contributed by atoms with Gasteiger partial charge in [0.15, 0.2) is 5.82 Å². The molecule has 1 aromatic heterocycles. The summed E-state index contributed by atoms with van der Waals surface area (Å²) in [6, 6.07) is 20.3. The Bertz CT molecular complexity index is 1630. The van der Waals surface area contributed by atoms with Crippen LogP contribution in [-0.4, -0.2) is 46.7 Å². The zero-order valence-electron chi connectivity index (χ0n) is 22.5. The Kier molecular flexibility index (Phi) is 8.58. The summed E-state index contributed by atoms with van der Waals surface area (Å²) in [6.07, 6.45) is 4.31. The predicted molar refractivity (Wildman–Crippen MR) is 166 cm³/mol. The van der Waals surface area contributed by atoms with E-state index < -0.39 is 0 Å². The zero-order valence-corrected chi connectivity index (χ0v) is 24.8. The predicted octanol–water partition coefficient (Wildman–Crippen LogP) is 7.91. The van der Waals surface area contributed by atoms with E-state index in [1.54, 1.807) is 6.07 Å². The number of nitrogens with one attached hydrogen (secondary N) is 1. The molecule has 0 radical (unpaired) electrons. The third-order valence-corrected chi connectivity index (χ3v) is 8.89. The van der Waals surface area contributed by atoms with Gasteiger partial charge in [-0.05, 0) is 95.8 Å². The van der Waals surface area contributed by atoms with Crippen molar-refractivity contribution in [2.45, 2.75) is 38.2 Å². The number of aromatic nitrogens is 2. The fourth-order valence-electron chi connectivity index (χ4n) is 5.89. The van der Waals surface area contributed by atoms with Crippen LogP contribution in [0.25, 0.3) is 22.5 Å². The van der Waals surface area contributed by atoms with Gasteiger partial charge in [-0.15, -0.1) is 0 Å². The van der Waals surface area contributed by atoms with Crippen molar-refractivity contribution in [2.75, 3.05) is 26.3 Å². The van der Waals surface area contributed by atoms with Crippen LogP contribution >= 0.6 is 34.7 Å². The number of likely N-dealkylation sites (tertiary alicyclic amines) is 1. The molecule has 1 saturated heterocycles. The van der Waals surface area contributed by atoms with Crippen molar-refractivity contribution in [3.63, 3.8) is 0 Å². The number of hydrogen-bond acceptors (Lipinski definition) is 5. The van der Waals surface area contributed by atoms with Crippen molar-refractivity contribution < 1.29 is 9.13 Å². The monoisotopic (exact) mass is 609 g/mol. The minimum atomic E-state index is -0.280. The summed E-state index contributed by atoms with van der Waals surface area (Å²) in [4.78, 5) is 16.7. The first-order chi connectivity index (χ1) is 20.0. The highest BCUT2D eigenvalue weighted by Crippen LogP contribution is 2.43. The number of rotatable bonds is 8. The highest BCUT2D eigenvalue weighted by Gasteiger charge is 2.25. The highest BCUT2D eigenvalue weighted by molar-refractivity contribution is 7.03. The summed E-state index contributed by atoms with van der Waals surface area (Å²) in [7, 11) is 0. The van der Waals surface area contributed by atoms with Gasteiger partial charge >= 0.3 is 4.87 Å². The smallest absolute Gasteiger partial charge is 0.323 e. The maximum atomic E-state index is 12.6. The minimum Gasteiger partial charge on any atom is -0.489 e. The van der Waals surface area contributed by atoms with Crippen LogP contribution in [0.15, 0.2) is 65.5 Å². The van der Waals surface area contributed by atoms with Gasteiger partial charge in [-0.25, -0.2) is 0 Å². The molecule has 41 heavy (non-hydrogen) atoms. The van der Waals surface area contributed by atoms with Crippen LogP contribution in [0.1, 0.15) is 47.9 Å². The number of ether oxygens (including phenoxy) is 1. The van der Waals surface area contributed by atoms with Crippen molar-refractivity contribution >= 4 is 45.9 Å². The van der Waals surface area contributed by atoms with E-state index in [1.807, 2.05) is 30.3 Å². The highest BCUT2D eigenvalue weighted by atomic mass is 35.5. The number of halogens is 3. The molecular weight excluding hydrogens is 580 g/mol. The van der Waals surface area contributed by atoms with E-state index in [4.69, 9.17) is 27.9 Å². The van der Waals surface area contributed by atoms with Crippen LogP contribution in [0.3, 0.4) is 0 Å². The van der Waals surface area contributed by atoms with E-state index in [2.05, 4.69) is 38.5 Å². The molecule has 0 bridgehead atoms. The molecule has 3 aromatic carbocycles. The van der Waals surface area contributed by atoms with Gasteiger partial charge in [0.25, 0.3) is 0 Å². The number of fused-ring (bicyclic) bond motifs is 1. The molecule has 1 N–H and O–H groups in total. The summed E-state index contributed by atoms with van der Waals surface area (Å²) in [5, 5.41) is 1.23. The fraction of sp³-hybridized carbons (Fsp3) is 0.312. The summed E-state index contributed by atoms with van der Waals surface area (Å²) in [6.45, 7) is 2.26. The Hall–Kier alpha value is -2.97. The molecule has 1 aliphatic heterocycles. The molecule has 6 rings (SSSR count). The molecule has 1 fully saturated rings. The molecule has 2 heterocycles. The number of benzene rings is 3. The first-order valence-electron chi connectivity index (χ1n) is 13.9. The topological polar surface area (TPSA) is 58.2 Å². The van der Waals surface area contributed by atoms with E-state index in [9.17, 15) is 9.18 Å². The lowest BCUT2D eigenvalue weighted by molar-refractivity contribution is 0.198. The number of allylic oxidation sites excluding steroid dienone is 1. The second-order valence-corrected chi connectivity index (χ2v) is 12.1. The third-order valence-electron chi connectivity index (χ3n) is 7.80. The lowest BCUT2D eigenvalue weighted by Gasteiger charge is -2.19. The third kappa shape index (κ3) is 6.28. The van der Waals surface area contributed by atoms with Gasteiger partial charge in [0.2, 0.25) is 0 Å². The van der Waals surface area contributed by atoms with E-state index in [1.165, 1.54) is 11.1 Å². The number of aromatic amines is 1. The van der Waals surface area contributed by atoms with Crippen LogP contribution in [0.4, 0.5) is 4.39 Å². The van der Waals surface area contributed by atoms with Crippen LogP contribution < -0.4 is 9.61 Å². The molecular formula is C32H30Cl2FN3O2S. The lowest BCUT2D eigenvalue weighted by atomic mass is 9.87. The molecule has 0 amide bonds. The summed E-state index contributed by atoms with van der Waals surface area (Å²) in [5.74, 6) is 1.42. The molecule has 1 unspecified atom stereocenters. The lowest BCUT2D eigenvalue weighted by Crippen LogP contribution is -2.26. The SMILES string of the molecule is O=c1[nH]c(-c2ccc3c(c2)CCCC(c2ccc(Cl)cc2Cl)=C3c2ccc(OC3CCN(CCCF)C3)cc2)ns1. The van der Waals surface area contributed by atoms with Crippen molar-refractivity contribution in [2.24, 2.45) is 0 Å². The van der Waals surface area contributed by atoms with E-state index in [0.29, 0.717) is 22.3 Å². The van der Waals surface area contributed by atoms with Crippen LogP contribution in [-0.2, 0) is 6.42 Å². The normalized spacial score (nSPS) is 17.5. The molecule has 0 spiro atoms. The summed E-state index contributed by atoms with van der Waals surface area (Å²) < 4.78 is 23.2. The van der Waals surface area contributed by atoms with Crippen LogP contribution in [0.5, 0.6) is 5.75 Å². The van der Waals surface area contributed by atoms with Gasteiger partial charge in [0.1, 0.15) is 11.9 Å². The van der Waals surface area contributed by atoms with Gasteiger partial charge in [-0.2, -0.15) is 4.37 Å². The molecule has 1 atom stereocenters. The average molecular weight is 611 g/mol. The summed E-state index contributed by atoms with van der Waals surface area (Å²) in [5.41, 5.74) is 7.59. The Balaban J connectivity index is 1.37. The van der Waals surface area contributed by atoms with Crippen molar-refractivity contribution in [1.82, 2.24) is 14.3 Å². The maximum absolute atomic E-state index is 12.6. The van der Waals surface area contributed by atoms with Gasteiger partial charge < -0.3 is 4.74 Å². The van der Waals surface area contributed by atoms with E-state index in [0.717, 1.165) is 90.4 Å². The van der Waals surface area contributed by atoms with Crippen LogP contribution in [0, 0.1) is 0 Å². The Morgan fingerprint density at radius 3 is 2.59 bits per heavy atom. The Labute approximate surface area is 252 Å². The average Bonchev–Trinajstić information content (AvgIpc) is 3.56. The standard InChI is InChI=1S/C32H30Cl2FN3O2S/c33-23-8-12-27(29(34)18-23)28-4-1-3-21-17-22(31-36-32(39)41-37-31)7-11-26(21)30(28)20-5-9-24(10-6-20)40-25-13-16-38(19-25)15-2-14-35/h5-12,17-18,25H,1-4,13-16,19H2,(H,36,37,39). The molecule has 0 saturated carbocycles. The number of aryl methyl sites for hydroxylation is 1. The number of nitrogens with zero attached hydrogens (tertiary/aromatic N) is 2. The van der Waals surface area contributed by atoms with Crippen LogP contribution in [0.2, 0.25) is 10.0 Å². The molecule has 9 heteroatoms. The largest absolute Gasteiger partial charge is 0.489 e. The van der Waals surface area contributed by atoms with Gasteiger partial charge in [0, 0.05) is 46.8 Å². The van der Waals surface area contributed by atoms with Gasteiger partial charge in [-0.3, -0.25) is 19.1 Å². The first-order valence-corrected chi connectivity index (χ1v) is 15.4. The number of H-pyrrole nitrogens is 1. The first kappa shape index (κ1) is 28.2. The molecule has 5 nitrogen and oxygen atoms in total. The van der Waals surface area contributed by atoms with E-state index >= 15 is 0 Å². The number of alkyl halides is 1. The van der Waals surface area contributed by atoms with Crippen molar-refractivity contribution in [1.29, 1.82) is 0 Å². The van der Waals surface area contributed by atoms with Gasteiger partial charge in [0.05, 0.1) is 6.67 Å². The second-order valence-electron chi connectivity index (χ2n) is 10.5. The Morgan fingerprint density at radius 1 is 1.02 bits per heavy atom. The van der Waals surface area contributed by atoms with Gasteiger partial charge in [-0.1, -0.05) is 53.5 Å². The van der Waals surface area contributed by atoms with E-state index in [-0.39, 0.29) is 17.7 Å². The second kappa shape index (κ2) is 12.5. The molecule has 2 aliphatic rings. The quantitative estimate of drug-likeness (QED) is 0.220. The Morgan fingerprint density at radius 2 is 1.83 bits per heavy atom. The molecule has 1 aliphatic carbocycles. The summed E-state index contributed by atoms with van der Waals surface area (Å²) >= 11 is 13.9. The van der Waals surface area contributed by atoms with Crippen molar-refractivity contribution in [3.8, 4) is 17.1 Å². The zero-order chi connectivity index (χ0) is 28.3. The molecule has 212 valence electrons. The van der Waals surface area contributed by atoms with Crippen molar-refractivity contribution in [3.05, 3.63) is 103 Å². The maximum Gasteiger partial charge on any atom is 0.323 e. The fourth-order valence-corrected chi connectivity index (χ4v) is 6.89.